The van der Waals surface area contributed by atoms with Gasteiger partial charge in [-0.1, -0.05) is 19.9 Å². The standard InChI is InChI=1S/C16H22F3NO4S/c1-4-25(22,23)8-7-11(2)9-12-5-6-13(24-3)10-14(12)20-15(21)16(17,18)19/h5-6,10-11H,4,7-9H2,1-3H3,(H,20,21). The Hall–Kier alpha value is -1.77. The Morgan fingerprint density at radius 2 is 1.96 bits per heavy atom. The molecule has 0 saturated heterocycles. The van der Waals surface area contributed by atoms with E-state index >= 15 is 0 Å². The number of methoxy groups -OCH3 is 1. The van der Waals surface area contributed by atoms with Gasteiger partial charge in [0.2, 0.25) is 0 Å². The number of amides is 1. The molecule has 1 amide bonds. The highest BCUT2D eigenvalue weighted by molar-refractivity contribution is 7.91. The molecule has 0 radical (unpaired) electrons. The van der Waals surface area contributed by atoms with Gasteiger partial charge in [-0.15, -0.1) is 0 Å². The zero-order chi connectivity index (χ0) is 19.3. The summed E-state index contributed by atoms with van der Waals surface area (Å²) in [6.45, 7) is 3.37. The first-order chi connectivity index (χ1) is 11.5. The van der Waals surface area contributed by atoms with Gasteiger partial charge in [-0.2, -0.15) is 13.2 Å². The summed E-state index contributed by atoms with van der Waals surface area (Å²) in [7, 11) is -1.74. The highest BCUT2D eigenvalue weighted by Crippen LogP contribution is 2.28. The highest BCUT2D eigenvalue weighted by atomic mass is 32.2. The van der Waals surface area contributed by atoms with Crippen molar-refractivity contribution in [3.05, 3.63) is 23.8 Å². The second-order valence-corrected chi connectivity index (χ2v) is 8.28. The number of benzene rings is 1. The molecule has 1 aromatic carbocycles. The maximum absolute atomic E-state index is 12.5. The molecule has 0 fully saturated rings. The number of carbonyl (C=O) groups excluding carboxylic acids is 1. The quantitative estimate of drug-likeness (QED) is 0.751. The fourth-order valence-corrected chi connectivity index (χ4v) is 3.22. The first-order valence-corrected chi connectivity index (χ1v) is 9.56. The minimum absolute atomic E-state index is 0.00636. The molecule has 9 heteroatoms. The number of nitrogens with one attached hydrogen (secondary N) is 1. The molecule has 1 atom stereocenters. The molecule has 0 aliphatic carbocycles. The number of alkyl halides is 3. The molecule has 0 heterocycles. The summed E-state index contributed by atoms with van der Waals surface area (Å²) in [5.41, 5.74) is 0.492. The van der Waals surface area contributed by atoms with E-state index in [0.29, 0.717) is 24.2 Å². The lowest BCUT2D eigenvalue weighted by molar-refractivity contribution is -0.167. The van der Waals surface area contributed by atoms with Crippen LogP contribution in [0.2, 0.25) is 0 Å². The van der Waals surface area contributed by atoms with Gasteiger partial charge in [-0.05, 0) is 30.4 Å². The summed E-state index contributed by atoms with van der Waals surface area (Å²) in [4.78, 5) is 11.2. The van der Waals surface area contributed by atoms with Crippen LogP contribution in [-0.2, 0) is 21.1 Å². The second-order valence-electron chi connectivity index (χ2n) is 5.81. The Bertz CT molecular complexity index is 702. The molecular weight excluding hydrogens is 359 g/mol. The maximum Gasteiger partial charge on any atom is 0.471 e. The second kappa shape index (κ2) is 8.55. The lowest BCUT2D eigenvalue weighted by Gasteiger charge is -2.17. The monoisotopic (exact) mass is 381 g/mol. The molecule has 0 spiro atoms. The van der Waals surface area contributed by atoms with E-state index in [9.17, 15) is 26.4 Å². The molecular formula is C16H22F3NO4S. The van der Waals surface area contributed by atoms with Crippen LogP contribution >= 0.6 is 0 Å². The number of carbonyl (C=O) groups is 1. The zero-order valence-electron chi connectivity index (χ0n) is 14.3. The van der Waals surface area contributed by atoms with Gasteiger partial charge in [0.25, 0.3) is 0 Å². The SMILES string of the molecule is CCS(=O)(=O)CCC(C)Cc1ccc(OC)cc1NC(=O)C(F)(F)F. The molecule has 0 aliphatic rings. The van der Waals surface area contributed by atoms with Crippen LogP contribution in [0.3, 0.4) is 0 Å². The Morgan fingerprint density at radius 3 is 2.48 bits per heavy atom. The summed E-state index contributed by atoms with van der Waals surface area (Å²) in [6.07, 6.45) is -4.28. The molecule has 0 bridgehead atoms. The minimum Gasteiger partial charge on any atom is -0.497 e. The van der Waals surface area contributed by atoms with Crippen LogP contribution in [0.5, 0.6) is 5.75 Å². The maximum atomic E-state index is 12.5. The summed E-state index contributed by atoms with van der Waals surface area (Å²) >= 11 is 0. The number of ether oxygens (including phenoxy) is 1. The van der Waals surface area contributed by atoms with Gasteiger partial charge in [0, 0.05) is 17.5 Å². The van der Waals surface area contributed by atoms with Crippen molar-refractivity contribution in [2.45, 2.75) is 32.9 Å². The van der Waals surface area contributed by atoms with Gasteiger partial charge in [-0.3, -0.25) is 4.79 Å². The van der Waals surface area contributed by atoms with Crippen LogP contribution in [0.25, 0.3) is 0 Å². The largest absolute Gasteiger partial charge is 0.497 e. The Labute approximate surface area is 145 Å². The van der Waals surface area contributed by atoms with E-state index in [0.717, 1.165) is 0 Å². The third-order valence-electron chi connectivity index (χ3n) is 3.75. The molecule has 1 N–H and O–H groups in total. The van der Waals surface area contributed by atoms with Crippen molar-refractivity contribution in [2.24, 2.45) is 5.92 Å². The number of anilines is 1. The molecule has 0 aliphatic heterocycles. The number of sulfone groups is 1. The number of hydrogen-bond acceptors (Lipinski definition) is 4. The fourth-order valence-electron chi connectivity index (χ4n) is 2.17. The highest BCUT2D eigenvalue weighted by Gasteiger charge is 2.39. The van der Waals surface area contributed by atoms with Gasteiger partial charge in [0.1, 0.15) is 15.6 Å². The van der Waals surface area contributed by atoms with E-state index in [-0.39, 0.29) is 23.1 Å². The molecule has 25 heavy (non-hydrogen) atoms. The Balaban J connectivity index is 2.93. The molecule has 1 unspecified atom stereocenters. The third kappa shape index (κ3) is 6.93. The average molecular weight is 381 g/mol. The van der Waals surface area contributed by atoms with Crippen LogP contribution in [0.15, 0.2) is 18.2 Å². The molecule has 1 rings (SSSR count). The smallest absolute Gasteiger partial charge is 0.471 e. The van der Waals surface area contributed by atoms with E-state index in [1.807, 2.05) is 12.2 Å². The topological polar surface area (TPSA) is 72.5 Å². The van der Waals surface area contributed by atoms with Crippen molar-refractivity contribution in [3.63, 3.8) is 0 Å². The van der Waals surface area contributed by atoms with Crippen LogP contribution in [-0.4, -0.2) is 39.1 Å². The van der Waals surface area contributed by atoms with Gasteiger partial charge in [0.05, 0.1) is 12.9 Å². The normalized spacial score (nSPS) is 13.4. The van der Waals surface area contributed by atoms with E-state index < -0.39 is 21.9 Å². The summed E-state index contributed by atoms with van der Waals surface area (Å²) in [5, 5.41) is 1.85. The number of halogens is 3. The average Bonchev–Trinajstić information content (AvgIpc) is 2.53. The van der Waals surface area contributed by atoms with Crippen molar-refractivity contribution in [1.29, 1.82) is 0 Å². The summed E-state index contributed by atoms with van der Waals surface area (Å²) < 4.78 is 65.6. The van der Waals surface area contributed by atoms with Gasteiger partial charge >= 0.3 is 12.1 Å². The molecule has 0 saturated carbocycles. The summed E-state index contributed by atoms with van der Waals surface area (Å²) in [5.74, 6) is -1.78. The lowest BCUT2D eigenvalue weighted by Crippen LogP contribution is -2.30. The van der Waals surface area contributed by atoms with Gasteiger partial charge < -0.3 is 10.1 Å². The Kier molecular flexibility index (Phi) is 7.28. The third-order valence-corrected chi connectivity index (χ3v) is 5.49. The molecule has 142 valence electrons. The first kappa shape index (κ1) is 21.3. The molecule has 0 aromatic heterocycles. The predicted molar refractivity (Wildman–Crippen MR) is 89.5 cm³/mol. The van der Waals surface area contributed by atoms with E-state index in [1.165, 1.54) is 13.2 Å². The van der Waals surface area contributed by atoms with Crippen molar-refractivity contribution < 1.29 is 31.1 Å². The van der Waals surface area contributed by atoms with E-state index in [4.69, 9.17) is 4.74 Å². The van der Waals surface area contributed by atoms with Crippen LogP contribution in [0.1, 0.15) is 25.8 Å². The van der Waals surface area contributed by atoms with E-state index in [1.54, 1.807) is 19.1 Å². The molecule has 5 nitrogen and oxygen atoms in total. The molecule has 1 aromatic rings. The Morgan fingerprint density at radius 1 is 1.32 bits per heavy atom. The number of rotatable bonds is 8. The van der Waals surface area contributed by atoms with Gasteiger partial charge in [-0.25, -0.2) is 8.42 Å². The van der Waals surface area contributed by atoms with Gasteiger partial charge in [0.15, 0.2) is 0 Å². The van der Waals surface area contributed by atoms with Crippen molar-refractivity contribution in [1.82, 2.24) is 0 Å². The van der Waals surface area contributed by atoms with Crippen molar-refractivity contribution >= 4 is 21.4 Å². The van der Waals surface area contributed by atoms with Crippen LogP contribution < -0.4 is 10.1 Å². The van der Waals surface area contributed by atoms with Crippen molar-refractivity contribution in [2.75, 3.05) is 23.9 Å². The predicted octanol–water partition coefficient (Wildman–Crippen LogP) is 3.20. The van der Waals surface area contributed by atoms with E-state index in [2.05, 4.69) is 0 Å². The lowest BCUT2D eigenvalue weighted by atomic mass is 9.97. The van der Waals surface area contributed by atoms with Crippen LogP contribution in [0, 0.1) is 5.92 Å². The minimum atomic E-state index is -5.00. The zero-order valence-corrected chi connectivity index (χ0v) is 15.1. The van der Waals surface area contributed by atoms with Crippen LogP contribution in [0.4, 0.5) is 18.9 Å². The summed E-state index contributed by atoms with van der Waals surface area (Å²) in [6, 6.07) is 4.46. The first-order valence-electron chi connectivity index (χ1n) is 7.74. The number of hydrogen-bond donors (Lipinski definition) is 1. The fraction of sp³-hybridized carbons (Fsp3) is 0.562. The van der Waals surface area contributed by atoms with Crippen molar-refractivity contribution in [3.8, 4) is 5.75 Å².